The van der Waals surface area contributed by atoms with E-state index in [2.05, 4.69) is 33.1 Å². The second-order valence-corrected chi connectivity index (χ2v) is 11.7. The fourth-order valence-corrected chi connectivity index (χ4v) is 6.20. The number of carbonyl (C=O) groups excluding carboxylic acids is 1. The number of para-hydroxylation sites is 1. The van der Waals surface area contributed by atoms with Gasteiger partial charge in [-0.15, -0.1) is 5.10 Å². The Kier molecular flexibility index (Phi) is 9.81. The first kappa shape index (κ1) is 30.5. The summed E-state index contributed by atoms with van der Waals surface area (Å²) in [5.41, 5.74) is 5.24. The lowest BCUT2D eigenvalue weighted by Crippen LogP contribution is -2.38. The molecular weight excluding hydrogens is 588 g/mol. The average Bonchev–Trinajstić information content (AvgIpc) is 3.57. The number of tetrazole rings is 1. The zero-order chi connectivity index (χ0) is 31.0. The lowest BCUT2D eigenvalue weighted by atomic mass is 9.91. The molecule has 0 aliphatic carbocycles. The number of nitrogens with zero attached hydrogens (tertiary/aromatic N) is 4. The Balaban J connectivity index is 1.16. The highest BCUT2D eigenvalue weighted by atomic mass is 32.2. The number of benzene rings is 4. The molecule has 1 aromatic heterocycles. The molecule has 0 spiro atoms. The number of aromatic nitrogens is 4. The molecule has 230 valence electrons. The van der Waals surface area contributed by atoms with Gasteiger partial charge in [0, 0.05) is 29.5 Å². The molecule has 1 fully saturated rings. The second-order valence-electron chi connectivity index (χ2n) is 10.8. The number of rotatable bonds is 10. The lowest BCUT2D eigenvalue weighted by Gasteiger charge is -2.41. The summed E-state index contributed by atoms with van der Waals surface area (Å²) in [5.74, 6) is 0.602. The van der Waals surface area contributed by atoms with Gasteiger partial charge in [-0.2, -0.15) is 4.68 Å². The molecule has 10 nitrogen and oxygen atoms in total. The predicted octanol–water partition coefficient (Wildman–Crippen LogP) is 6.06. The summed E-state index contributed by atoms with van der Waals surface area (Å²) < 4.78 is 14.9. The summed E-state index contributed by atoms with van der Waals surface area (Å²) in [6, 6.07) is 34.5. The van der Waals surface area contributed by atoms with Crippen molar-refractivity contribution in [3.63, 3.8) is 0 Å². The fraction of sp³-hybridized carbons (Fsp3) is 0.235. The summed E-state index contributed by atoms with van der Waals surface area (Å²) in [4.78, 5) is 12.5. The van der Waals surface area contributed by atoms with Crippen molar-refractivity contribution < 1.29 is 19.4 Å². The van der Waals surface area contributed by atoms with E-state index >= 15 is 0 Å². The van der Waals surface area contributed by atoms with Gasteiger partial charge in [-0.3, -0.25) is 0 Å². The number of aliphatic hydroxyl groups excluding tert-OH is 1. The highest BCUT2D eigenvalue weighted by Crippen LogP contribution is 2.43. The van der Waals surface area contributed by atoms with Gasteiger partial charge in [0.1, 0.15) is 0 Å². The molecule has 3 N–H and O–H groups in total. The molecule has 4 atom stereocenters. The molecule has 4 aromatic carbocycles. The number of hydrogen-bond acceptors (Lipinski definition) is 8. The zero-order valence-electron chi connectivity index (χ0n) is 24.7. The summed E-state index contributed by atoms with van der Waals surface area (Å²) in [5, 5.41) is 28.3. The lowest BCUT2D eigenvalue weighted by molar-refractivity contribution is -0.268. The van der Waals surface area contributed by atoms with E-state index in [1.54, 1.807) is 4.68 Å². The van der Waals surface area contributed by atoms with E-state index in [1.807, 2.05) is 109 Å². The molecule has 6 rings (SSSR count). The molecule has 11 heteroatoms. The van der Waals surface area contributed by atoms with Crippen molar-refractivity contribution >= 4 is 23.5 Å². The van der Waals surface area contributed by atoms with E-state index < -0.39 is 6.29 Å². The van der Waals surface area contributed by atoms with E-state index in [0.29, 0.717) is 23.1 Å². The van der Waals surface area contributed by atoms with Crippen LogP contribution in [0.2, 0.25) is 0 Å². The number of amides is 2. The van der Waals surface area contributed by atoms with E-state index in [0.717, 1.165) is 27.9 Å². The number of hydrogen-bond donors (Lipinski definition) is 3. The van der Waals surface area contributed by atoms with Crippen LogP contribution >= 0.6 is 11.8 Å². The van der Waals surface area contributed by atoms with Gasteiger partial charge in [0.15, 0.2) is 6.29 Å². The van der Waals surface area contributed by atoms with Crippen molar-refractivity contribution in [1.29, 1.82) is 0 Å². The normalized spacial score (nSPS) is 19.6. The smallest absolute Gasteiger partial charge is 0.319 e. The van der Waals surface area contributed by atoms with E-state index in [1.165, 1.54) is 11.8 Å². The molecule has 2 heterocycles. The van der Waals surface area contributed by atoms with Crippen molar-refractivity contribution in [1.82, 2.24) is 25.5 Å². The number of ether oxygens (including phenoxy) is 2. The highest BCUT2D eigenvalue weighted by Gasteiger charge is 2.38. The van der Waals surface area contributed by atoms with Gasteiger partial charge in [0.25, 0.3) is 0 Å². The number of thioether (sulfide) groups is 1. The minimum absolute atomic E-state index is 0.00373. The SMILES string of the molecule is CC1C(CSc2nnnn2-c2ccccc2)OC(c2ccc(NC(=O)NCc3ccccc3)cc2)OC1c1ccc(CO)cc1. The maximum Gasteiger partial charge on any atom is 0.319 e. The van der Waals surface area contributed by atoms with Gasteiger partial charge in [0.05, 0.1) is 24.5 Å². The minimum Gasteiger partial charge on any atom is -0.392 e. The molecule has 1 aliphatic rings. The molecule has 0 saturated carbocycles. The van der Waals surface area contributed by atoms with Crippen LogP contribution in [0.25, 0.3) is 5.69 Å². The third kappa shape index (κ3) is 7.58. The Bertz CT molecular complexity index is 1670. The molecule has 5 aromatic rings. The maximum atomic E-state index is 12.5. The number of anilines is 1. The highest BCUT2D eigenvalue weighted by molar-refractivity contribution is 7.99. The maximum absolute atomic E-state index is 12.5. The molecule has 1 saturated heterocycles. The molecule has 0 bridgehead atoms. The monoisotopic (exact) mass is 622 g/mol. The molecule has 0 radical (unpaired) electrons. The van der Waals surface area contributed by atoms with Crippen molar-refractivity contribution in [2.45, 2.75) is 43.7 Å². The van der Waals surface area contributed by atoms with Crippen LogP contribution in [-0.2, 0) is 22.6 Å². The Morgan fingerprint density at radius 1 is 0.867 bits per heavy atom. The Labute approximate surface area is 265 Å². The summed E-state index contributed by atoms with van der Waals surface area (Å²) in [6.45, 7) is 2.53. The number of carbonyl (C=O) groups is 1. The predicted molar refractivity (Wildman–Crippen MR) is 172 cm³/mol. The topological polar surface area (TPSA) is 123 Å². The van der Waals surface area contributed by atoms with E-state index in [9.17, 15) is 9.90 Å². The molecular formula is C34H34N6O4S. The average molecular weight is 623 g/mol. The van der Waals surface area contributed by atoms with E-state index in [4.69, 9.17) is 9.47 Å². The van der Waals surface area contributed by atoms with Crippen LogP contribution in [0.3, 0.4) is 0 Å². The van der Waals surface area contributed by atoms with Gasteiger partial charge < -0.3 is 25.2 Å². The van der Waals surface area contributed by atoms with Crippen LogP contribution in [0.15, 0.2) is 114 Å². The van der Waals surface area contributed by atoms with Crippen LogP contribution in [0.4, 0.5) is 10.5 Å². The van der Waals surface area contributed by atoms with Crippen LogP contribution in [-0.4, -0.2) is 43.2 Å². The largest absolute Gasteiger partial charge is 0.392 e. The summed E-state index contributed by atoms with van der Waals surface area (Å²) in [6.07, 6.45) is -1.09. The Morgan fingerprint density at radius 2 is 1.56 bits per heavy atom. The molecule has 2 amide bonds. The minimum atomic E-state index is -0.639. The summed E-state index contributed by atoms with van der Waals surface area (Å²) in [7, 11) is 0. The molecule has 1 aliphatic heterocycles. The first-order valence-electron chi connectivity index (χ1n) is 14.7. The van der Waals surface area contributed by atoms with Crippen LogP contribution in [0.5, 0.6) is 0 Å². The van der Waals surface area contributed by atoms with Gasteiger partial charge >= 0.3 is 6.03 Å². The number of urea groups is 1. The zero-order valence-corrected chi connectivity index (χ0v) is 25.5. The molecule has 4 unspecified atom stereocenters. The van der Waals surface area contributed by atoms with Crippen LogP contribution < -0.4 is 10.6 Å². The fourth-order valence-electron chi connectivity index (χ4n) is 5.14. The van der Waals surface area contributed by atoms with Gasteiger partial charge in [0.2, 0.25) is 5.16 Å². The van der Waals surface area contributed by atoms with Crippen molar-refractivity contribution in [3.05, 3.63) is 131 Å². The van der Waals surface area contributed by atoms with Crippen LogP contribution in [0.1, 0.15) is 41.6 Å². The van der Waals surface area contributed by atoms with Crippen LogP contribution in [0, 0.1) is 5.92 Å². The first-order valence-corrected chi connectivity index (χ1v) is 15.7. The van der Waals surface area contributed by atoms with Gasteiger partial charge in [-0.25, -0.2) is 4.79 Å². The van der Waals surface area contributed by atoms with Crippen molar-refractivity contribution in [3.8, 4) is 5.69 Å². The first-order chi connectivity index (χ1) is 22.1. The third-order valence-electron chi connectivity index (χ3n) is 7.68. The van der Waals surface area contributed by atoms with Gasteiger partial charge in [-0.1, -0.05) is 104 Å². The number of nitrogens with one attached hydrogen (secondary N) is 2. The third-order valence-corrected chi connectivity index (χ3v) is 8.69. The standard InChI is InChI=1S/C34H34N6O4S/c1-23-30(22-45-34-37-38-39-40(34)29-10-6-3-7-11-29)43-32(44-31(23)26-14-12-25(21-41)13-15-26)27-16-18-28(19-17-27)36-33(42)35-20-24-8-4-2-5-9-24/h2-19,23,30-32,41H,20-22H2,1H3,(H2,35,36,42). The van der Waals surface area contributed by atoms with Crippen molar-refractivity contribution in [2.75, 3.05) is 11.1 Å². The van der Waals surface area contributed by atoms with Gasteiger partial charge in [-0.05, 0) is 51.4 Å². The summed E-state index contributed by atoms with van der Waals surface area (Å²) >= 11 is 1.53. The second kappa shape index (κ2) is 14.5. The van der Waals surface area contributed by atoms with E-state index in [-0.39, 0.29) is 30.8 Å². The quantitative estimate of drug-likeness (QED) is 0.161. The number of aliphatic hydroxyl groups is 1. The Morgan fingerprint density at radius 3 is 2.27 bits per heavy atom. The molecule has 45 heavy (non-hydrogen) atoms. The van der Waals surface area contributed by atoms with Crippen molar-refractivity contribution in [2.24, 2.45) is 5.92 Å². The Hall–Kier alpha value is -4.55.